The van der Waals surface area contributed by atoms with E-state index >= 15 is 0 Å². The Hall–Kier alpha value is -0.610. The molecule has 1 saturated carbocycles. The lowest BCUT2D eigenvalue weighted by Gasteiger charge is -2.23. The minimum absolute atomic E-state index is 0.113. The van der Waals surface area contributed by atoms with Crippen molar-refractivity contribution >= 4 is 5.97 Å². The van der Waals surface area contributed by atoms with Crippen molar-refractivity contribution in [2.45, 2.75) is 63.5 Å². The lowest BCUT2D eigenvalue weighted by atomic mass is 9.98. The summed E-state index contributed by atoms with van der Waals surface area (Å²) in [6, 6.07) is -0.464. The first kappa shape index (κ1) is 13.5. The second-order valence-corrected chi connectivity index (χ2v) is 4.59. The molecule has 1 aliphatic rings. The Labute approximate surface area is 97.7 Å². The van der Waals surface area contributed by atoms with Crippen LogP contribution in [0.25, 0.3) is 0 Å². The molecule has 1 atom stereocenters. The fraction of sp³-hybridized carbons (Fsp3) is 0.917. The molecule has 1 rings (SSSR count). The summed E-state index contributed by atoms with van der Waals surface area (Å²) in [5.41, 5.74) is 11.1. The van der Waals surface area contributed by atoms with E-state index < -0.39 is 6.04 Å². The molecule has 0 aliphatic heterocycles. The number of unbranched alkanes of at least 4 members (excludes halogenated alkanes) is 1. The molecule has 0 amide bonds. The smallest absolute Gasteiger partial charge is 0.323 e. The van der Waals surface area contributed by atoms with Gasteiger partial charge in [-0.1, -0.05) is 12.8 Å². The Morgan fingerprint density at radius 2 is 1.94 bits per heavy atom. The standard InChI is InChI=1S/C12H24N2O2/c13-9-5-4-8-11(14)12(15)16-10-6-2-1-3-7-10/h10-11H,1-9,13-14H2. The molecule has 0 aromatic heterocycles. The molecule has 94 valence electrons. The Morgan fingerprint density at radius 1 is 1.25 bits per heavy atom. The van der Waals surface area contributed by atoms with Gasteiger partial charge in [-0.05, 0) is 45.1 Å². The highest BCUT2D eigenvalue weighted by molar-refractivity contribution is 5.75. The highest BCUT2D eigenvalue weighted by atomic mass is 16.5. The SMILES string of the molecule is NCCCCC(N)C(=O)OC1CCCCC1. The number of hydrogen-bond donors (Lipinski definition) is 2. The van der Waals surface area contributed by atoms with Gasteiger partial charge >= 0.3 is 5.97 Å². The van der Waals surface area contributed by atoms with Crippen molar-refractivity contribution in [3.63, 3.8) is 0 Å². The van der Waals surface area contributed by atoms with Crippen LogP contribution in [0, 0.1) is 0 Å². The van der Waals surface area contributed by atoms with Crippen molar-refractivity contribution in [2.24, 2.45) is 11.5 Å². The van der Waals surface area contributed by atoms with E-state index in [1.165, 1.54) is 19.3 Å². The molecule has 4 N–H and O–H groups in total. The average molecular weight is 228 g/mol. The Morgan fingerprint density at radius 3 is 2.56 bits per heavy atom. The van der Waals surface area contributed by atoms with Gasteiger partial charge in [0.15, 0.2) is 0 Å². The van der Waals surface area contributed by atoms with E-state index in [0.29, 0.717) is 13.0 Å². The van der Waals surface area contributed by atoms with Crippen LogP contribution in [0.3, 0.4) is 0 Å². The van der Waals surface area contributed by atoms with Crippen molar-refractivity contribution in [1.82, 2.24) is 0 Å². The molecule has 0 radical (unpaired) electrons. The van der Waals surface area contributed by atoms with E-state index in [1.807, 2.05) is 0 Å². The van der Waals surface area contributed by atoms with Crippen LogP contribution in [0.5, 0.6) is 0 Å². The van der Waals surface area contributed by atoms with E-state index in [2.05, 4.69) is 0 Å². The number of carbonyl (C=O) groups excluding carboxylic acids is 1. The van der Waals surface area contributed by atoms with Gasteiger partial charge < -0.3 is 16.2 Å². The van der Waals surface area contributed by atoms with E-state index in [0.717, 1.165) is 25.7 Å². The van der Waals surface area contributed by atoms with Gasteiger partial charge in [0.25, 0.3) is 0 Å². The number of ether oxygens (including phenoxy) is 1. The van der Waals surface area contributed by atoms with Crippen molar-refractivity contribution in [2.75, 3.05) is 6.54 Å². The van der Waals surface area contributed by atoms with E-state index in [-0.39, 0.29) is 12.1 Å². The molecule has 1 unspecified atom stereocenters. The molecule has 0 heterocycles. The van der Waals surface area contributed by atoms with Crippen molar-refractivity contribution in [3.8, 4) is 0 Å². The van der Waals surface area contributed by atoms with Gasteiger partial charge in [-0.15, -0.1) is 0 Å². The maximum atomic E-state index is 11.6. The summed E-state index contributed by atoms with van der Waals surface area (Å²) in [5.74, 6) is -0.232. The molecule has 0 spiro atoms. The minimum Gasteiger partial charge on any atom is -0.461 e. The monoisotopic (exact) mass is 228 g/mol. The number of carbonyl (C=O) groups is 1. The fourth-order valence-corrected chi connectivity index (χ4v) is 2.06. The van der Waals surface area contributed by atoms with Gasteiger partial charge in [0, 0.05) is 0 Å². The van der Waals surface area contributed by atoms with Gasteiger partial charge in [-0.3, -0.25) is 4.79 Å². The van der Waals surface area contributed by atoms with Crippen LogP contribution in [0.15, 0.2) is 0 Å². The summed E-state index contributed by atoms with van der Waals surface area (Å²) in [6.45, 7) is 0.657. The van der Waals surface area contributed by atoms with E-state index in [4.69, 9.17) is 16.2 Å². The second-order valence-electron chi connectivity index (χ2n) is 4.59. The molecular formula is C12H24N2O2. The van der Waals surface area contributed by atoms with Gasteiger partial charge in [0.05, 0.1) is 0 Å². The van der Waals surface area contributed by atoms with Gasteiger partial charge in [-0.2, -0.15) is 0 Å². The van der Waals surface area contributed by atoms with Crippen LogP contribution < -0.4 is 11.5 Å². The predicted octanol–water partition coefficient (Wildman–Crippen LogP) is 1.32. The Balaban J connectivity index is 2.16. The maximum absolute atomic E-state index is 11.6. The van der Waals surface area contributed by atoms with Gasteiger partial charge in [0.2, 0.25) is 0 Å². The number of rotatable bonds is 6. The number of nitrogens with two attached hydrogens (primary N) is 2. The van der Waals surface area contributed by atoms with Crippen LogP contribution in [0.1, 0.15) is 51.4 Å². The zero-order valence-electron chi connectivity index (χ0n) is 9.99. The van der Waals surface area contributed by atoms with Gasteiger partial charge in [-0.25, -0.2) is 0 Å². The topological polar surface area (TPSA) is 78.3 Å². The summed E-state index contributed by atoms with van der Waals surface area (Å²) in [7, 11) is 0. The molecule has 4 heteroatoms. The molecule has 0 aromatic rings. The third-order valence-corrected chi connectivity index (χ3v) is 3.11. The molecule has 16 heavy (non-hydrogen) atoms. The van der Waals surface area contributed by atoms with Crippen molar-refractivity contribution in [3.05, 3.63) is 0 Å². The maximum Gasteiger partial charge on any atom is 0.323 e. The summed E-state index contributed by atoms with van der Waals surface area (Å²) in [4.78, 5) is 11.6. The van der Waals surface area contributed by atoms with Gasteiger partial charge in [0.1, 0.15) is 12.1 Å². The summed E-state index contributed by atoms with van der Waals surface area (Å²) in [6.07, 6.45) is 8.21. The quantitative estimate of drug-likeness (QED) is 0.531. The molecule has 1 aliphatic carbocycles. The zero-order valence-corrected chi connectivity index (χ0v) is 9.99. The summed E-state index contributed by atoms with van der Waals surface area (Å²) < 4.78 is 5.39. The van der Waals surface area contributed by atoms with Crippen LogP contribution in [0.2, 0.25) is 0 Å². The zero-order chi connectivity index (χ0) is 11.8. The molecular weight excluding hydrogens is 204 g/mol. The molecule has 4 nitrogen and oxygen atoms in total. The highest BCUT2D eigenvalue weighted by Crippen LogP contribution is 2.20. The van der Waals surface area contributed by atoms with Crippen LogP contribution in [0.4, 0.5) is 0 Å². The van der Waals surface area contributed by atoms with Crippen LogP contribution in [-0.2, 0) is 9.53 Å². The van der Waals surface area contributed by atoms with Crippen molar-refractivity contribution < 1.29 is 9.53 Å². The molecule has 0 aromatic carbocycles. The number of hydrogen-bond acceptors (Lipinski definition) is 4. The van der Waals surface area contributed by atoms with Crippen molar-refractivity contribution in [1.29, 1.82) is 0 Å². The first-order chi connectivity index (χ1) is 7.74. The van der Waals surface area contributed by atoms with E-state index in [9.17, 15) is 4.79 Å². The average Bonchev–Trinajstić information content (AvgIpc) is 2.30. The largest absolute Gasteiger partial charge is 0.461 e. The Kier molecular flexibility index (Phi) is 6.42. The number of esters is 1. The third kappa shape index (κ3) is 4.94. The predicted molar refractivity (Wildman–Crippen MR) is 63.8 cm³/mol. The van der Waals surface area contributed by atoms with E-state index in [1.54, 1.807) is 0 Å². The normalized spacial score (nSPS) is 19.4. The molecule has 0 bridgehead atoms. The summed E-state index contributed by atoms with van der Waals surface area (Å²) >= 11 is 0. The lowest BCUT2D eigenvalue weighted by molar-refractivity contribution is -0.152. The lowest BCUT2D eigenvalue weighted by Crippen LogP contribution is -2.35. The second kappa shape index (κ2) is 7.63. The minimum atomic E-state index is -0.464. The fourth-order valence-electron chi connectivity index (χ4n) is 2.06. The first-order valence-electron chi connectivity index (χ1n) is 6.40. The highest BCUT2D eigenvalue weighted by Gasteiger charge is 2.21. The summed E-state index contributed by atoms with van der Waals surface area (Å²) in [5, 5.41) is 0. The van der Waals surface area contributed by atoms with Crippen LogP contribution >= 0.6 is 0 Å². The molecule has 1 fully saturated rings. The Bertz CT molecular complexity index is 203. The molecule has 0 saturated heterocycles. The van der Waals surface area contributed by atoms with Crippen LogP contribution in [-0.4, -0.2) is 24.7 Å². The first-order valence-corrected chi connectivity index (χ1v) is 6.40. The third-order valence-electron chi connectivity index (χ3n) is 3.11.